The standard InChI is InChI=1S/C14H28N2S/c1-10-7-11(2)9-12(8-10)13(16-15)14(3)5-4-6-17-14/h10-13,16H,4-9,15H2,1-3H3. The van der Waals surface area contributed by atoms with Gasteiger partial charge in [0.2, 0.25) is 0 Å². The summed E-state index contributed by atoms with van der Waals surface area (Å²) in [6, 6.07) is 0.500. The van der Waals surface area contributed by atoms with Crippen LogP contribution in [0.2, 0.25) is 0 Å². The molecule has 0 aromatic heterocycles. The van der Waals surface area contributed by atoms with Crippen LogP contribution < -0.4 is 11.3 Å². The topological polar surface area (TPSA) is 38.0 Å². The van der Waals surface area contributed by atoms with Crippen molar-refractivity contribution in [3.8, 4) is 0 Å². The molecule has 3 N–H and O–H groups in total. The average Bonchev–Trinajstić information content (AvgIpc) is 2.65. The Labute approximate surface area is 110 Å². The lowest BCUT2D eigenvalue weighted by atomic mass is 9.71. The molecule has 100 valence electrons. The summed E-state index contributed by atoms with van der Waals surface area (Å²) in [5.41, 5.74) is 3.17. The van der Waals surface area contributed by atoms with E-state index in [1.807, 2.05) is 0 Å². The molecule has 0 spiro atoms. The maximum Gasteiger partial charge on any atom is 0.0383 e. The van der Waals surface area contributed by atoms with Crippen molar-refractivity contribution in [3.63, 3.8) is 0 Å². The zero-order chi connectivity index (χ0) is 12.5. The molecule has 2 rings (SSSR count). The minimum absolute atomic E-state index is 0.371. The molecule has 2 aliphatic rings. The molecule has 1 aliphatic heterocycles. The molecule has 1 saturated carbocycles. The summed E-state index contributed by atoms with van der Waals surface area (Å²) in [5, 5.41) is 0. The van der Waals surface area contributed by atoms with Crippen molar-refractivity contribution < 1.29 is 0 Å². The highest BCUT2D eigenvalue weighted by molar-refractivity contribution is 8.00. The summed E-state index contributed by atoms with van der Waals surface area (Å²) in [4.78, 5) is 0. The van der Waals surface area contributed by atoms with Gasteiger partial charge in [-0.2, -0.15) is 11.8 Å². The molecule has 4 atom stereocenters. The normalized spacial score (nSPS) is 44.8. The molecule has 17 heavy (non-hydrogen) atoms. The maximum absolute atomic E-state index is 5.90. The van der Waals surface area contributed by atoms with Gasteiger partial charge in [-0.15, -0.1) is 0 Å². The molecule has 3 heteroatoms. The van der Waals surface area contributed by atoms with Gasteiger partial charge in [-0.1, -0.05) is 13.8 Å². The van der Waals surface area contributed by atoms with Crippen LogP contribution in [0.4, 0.5) is 0 Å². The van der Waals surface area contributed by atoms with Gasteiger partial charge in [0.25, 0.3) is 0 Å². The maximum atomic E-state index is 5.90. The molecule has 1 saturated heterocycles. The van der Waals surface area contributed by atoms with Crippen LogP contribution in [0.5, 0.6) is 0 Å². The molecule has 1 heterocycles. The number of nitrogens with two attached hydrogens (primary N) is 1. The Morgan fingerprint density at radius 2 is 1.88 bits per heavy atom. The molecular weight excluding hydrogens is 228 g/mol. The average molecular weight is 256 g/mol. The molecule has 2 nitrogen and oxygen atoms in total. The van der Waals surface area contributed by atoms with E-state index in [1.54, 1.807) is 0 Å². The summed E-state index contributed by atoms with van der Waals surface area (Å²) in [6.45, 7) is 7.22. The van der Waals surface area contributed by atoms with Crippen LogP contribution in [0.25, 0.3) is 0 Å². The Balaban J connectivity index is 2.06. The van der Waals surface area contributed by atoms with Gasteiger partial charge < -0.3 is 0 Å². The first-order chi connectivity index (χ1) is 8.05. The number of thioether (sulfide) groups is 1. The zero-order valence-electron chi connectivity index (χ0n) is 11.5. The summed E-state index contributed by atoms with van der Waals surface area (Å²) < 4.78 is 0.371. The van der Waals surface area contributed by atoms with Crippen LogP contribution in [-0.4, -0.2) is 16.5 Å². The monoisotopic (exact) mass is 256 g/mol. The van der Waals surface area contributed by atoms with Crippen LogP contribution >= 0.6 is 11.8 Å². The summed E-state index contributed by atoms with van der Waals surface area (Å²) >= 11 is 2.13. The second-order valence-electron chi connectivity index (χ2n) is 6.59. The van der Waals surface area contributed by atoms with Crippen LogP contribution in [0, 0.1) is 17.8 Å². The molecule has 2 fully saturated rings. The fourth-order valence-electron chi connectivity index (χ4n) is 4.14. The van der Waals surface area contributed by atoms with Gasteiger partial charge in [-0.25, -0.2) is 0 Å². The summed E-state index contributed by atoms with van der Waals surface area (Å²) in [5.74, 6) is 9.72. The Bertz CT molecular complexity index is 241. The fourth-order valence-corrected chi connectivity index (χ4v) is 5.62. The number of hydrogen-bond donors (Lipinski definition) is 2. The van der Waals surface area contributed by atoms with Crippen molar-refractivity contribution in [1.82, 2.24) is 5.43 Å². The first-order valence-corrected chi connectivity index (χ1v) is 8.14. The van der Waals surface area contributed by atoms with Crippen molar-refractivity contribution in [2.24, 2.45) is 23.6 Å². The second kappa shape index (κ2) is 5.50. The van der Waals surface area contributed by atoms with Crippen LogP contribution in [-0.2, 0) is 0 Å². The highest BCUT2D eigenvalue weighted by Gasteiger charge is 2.43. The molecule has 0 bridgehead atoms. The van der Waals surface area contributed by atoms with Gasteiger partial charge >= 0.3 is 0 Å². The van der Waals surface area contributed by atoms with E-state index in [0.29, 0.717) is 10.8 Å². The highest BCUT2D eigenvalue weighted by atomic mass is 32.2. The van der Waals surface area contributed by atoms with E-state index in [-0.39, 0.29) is 0 Å². The Hall–Kier alpha value is 0.270. The van der Waals surface area contributed by atoms with E-state index < -0.39 is 0 Å². The Morgan fingerprint density at radius 1 is 1.24 bits per heavy atom. The molecule has 0 aromatic rings. The van der Waals surface area contributed by atoms with Gasteiger partial charge in [0.1, 0.15) is 0 Å². The van der Waals surface area contributed by atoms with Crippen LogP contribution in [0.15, 0.2) is 0 Å². The Morgan fingerprint density at radius 3 is 2.35 bits per heavy atom. The molecule has 1 aliphatic carbocycles. The largest absolute Gasteiger partial charge is 0.271 e. The van der Waals surface area contributed by atoms with Crippen LogP contribution in [0.3, 0.4) is 0 Å². The third kappa shape index (κ3) is 2.99. The van der Waals surface area contributed by atoms with Gasteiger partial charge in [-0.3, -0.25) is 11.3 Å². The smallest absolute Gasteiger partial charge is 0.0383 e. The Kier molecular flexibility index (Phi) is 4.43. The van der Waals surface area contributed by atoms with E-state index >= 15 is 0 Å². The predicted molar refractivity (Wildman–Crippen MR) is 76.9 cm³/mol. The van der Waals surface area contributed by atoms with Crippen molar-refractivity contribution >= 4 is 11.8 Å². The number of nitrogens with one attached hydrogen (secondary N) is 1. The first-order valence-electron chi connectivity index (χ1n) is 7.15. The van der Waals surface area contributed by atoms with E-state index in [0.717, 1.165) is 17.8 Å². The lowest BCUT2D eigenvalue weighted by Crippen LogP contribution is -2.54. The zero-order valence-corrected chi connectivity index (χ0v) is 12.4. The SMILES string of the molecule is CC1CC(C)CC(C(NN)C2(C)CCCS2)C1. The van der Waals surface area contributed by atoms with Crippen molar-refractivity contribution in [1.29, 1.82) is 0 Å². The van der Waals surface area contributed by atoms with Gasteiger partial charge in [-0.05, 0) is 62.5 Å². The number of hydrazine groups is 1. The fraction of sp³-hybridized carbons (Fsp3) is 1.00. The molecule has 0 amide bonds. The van der Waals surface area contributed by atoms with E-state index in [1.165, 1.54) is 37.9 Å². The van der Waals surface area contributed by atoms with Crippen molar-refractivity contribution in [2.75, 3.05) is 5.75 Å². The molecule has 4 unspecified atom stereocenters. The lowest BCUT2D eigenvalue weighted by Gasteiger charge is -2.43. The van der Waals surface area contributed by atoms with E-state index in [4.69, 9.17) is 5.84 Å². The molecule has 0 radical (unpaired) electrons. The summed E-state index contributed by atoms with van der Waals surface area (Å²) in [6.07, 6.45) is 6.80. The quantitative estimate of drug-likeness (QED) is 0.602. The van der Waals surface area contributed by atoms with Crippen molar-refractivity contribution in [2.45, 2.75) is 63.7 Å². The number of hydrogen-bond acceptors (Lipinski definition) is 3. The lowest BCUT2D eigenvalue weighted by molar-refractivity contribution is 0.156. The minimum Gasteiger partial charge on any atom is -0.271 e. The van der Waals surface area contributed by atoms with Gasteiger partial charge in [0, 0.05) is 10.8 Å². The predicted octanol–water partition coefficient (Wildman–Crippen LogP) is 3.18. The first kappa shape index (κ1) is 13.7. The second-order valence-corrected chi connectivity index (χ2v) is 8.22. The minimum atomic E-state index is 0.371. The van der Waals surface area contributed by atoms with Gasteiger partial charge in [0.15, 0.2) is 0 Å². The van der Waals surface area contributed by atoms with E-state index in [2.05, 4.69) is 38.0 Å². The third-order valence-electron chi connectivity index (χ3n) is 4.77. The van der Waals surface area contributed by atoms with Crippen LogP contribution in [0.1, 0.15) is 52.9 Å². The highest BCUT2D eigenvalue weighted by Crippen LogP contribution is 2.46. The van der Waals surface area contributed by atoms with Gasteiger partial charge in [0.05, 0.1) is 0 Å². The molecule has 0 aromatic carbocycles. The van der Waals surface area contributed by atoms with E-state index in [9.17, 15) is 0 Å². The number of rotatable bonds is 3. The van der Waals surface area contributed by atoms with Crippen molar-refractivity contribution in [3.05, 3.63) is 0 Å². The molecular formula is C14H28N2S. The third-order valence-corrected chi connectivity index (χ3v) is 6.38. The summed E-state index contributed by atoms with van der Waals surface area (Å²) in [7, 11) is 0.